The lowest BCUT2D eigenvalue weighted by molar-refractivity contribution is 1.09. The molecule has 0 aliphatic carbocycles. The molecule has 4 nitrogen and oxygen atoms in total. The fraction of sp³-hybridized carbons (Fsp3) is 0.200. The maximum Gasteiger partial charge on any atom is 0.155 e. The molecule has 2 rings (SSSR count). The molecular formula is C10H12N4. The Labute approximate surface area is 82.2 Å². The Hall–Kier alpha value is -1.84. The maximum atomic E-state index is 5.87. The number of rotatable bonds is 1. The number of benzene rings is 1. The van der Waals surface area contributed by atoms with Gasteiger partial charge in [0.1, 0.15) is 6.33 Å². The van der Waals surface area contributed by atoms with Crippen LogP contribution in [-0.4, -0.2) is 15.2 Å². The van der Waals surface area contributed by atoms with Crippen LogP contribution in [0.15, 0.2) is 18.5 Å². The average Bonchev–Trinajstić information content (AvgIpc) is 2.63. The summed E-state index contributed by atoms with van der Waals surface area (Å²) in [7, 11) is 0. The first-order valence-electron chi connectivity index (χ1n) is 4.41. The van der Waals surface area contributed by atoms with Crippen LogP contribution >= 0.6 is 0 Å². The van der Waals surface area contributed by atoms with Gasteiger partial charge in [-0.05, 0) is 37.1 Å². The van der Waals surface area contributed by atoms with Crippen LogP contribution in [0.2, 0.25) is 0 Å². The molecule has 1 aromatic carbocycles. The van der Waals surface area contributed by atoms with Crippen molar-refractivity contribution < 1.29 is 0 Å². The average molecular weight is 188 g/mol. The molecule has 0 spiro atoms. The van der Waals surface area contributed by atoms with Crippen LogP contribution in [0.5, 0.6) is 0 Å². The standard InChI is InChI=1S/C10H12N4/c1-6-3-8(7(2)9(11)4-6)10-12-5-13-14-10/h3-5H,11H2,1-2H3,(H,12,13,14). The van der Waals surface area contributed by atoms with Gasteiger partial charge in [-0.3, -0.25) is 5.10 Å². The smallest absolute Gasteiger partial charge is 0.155 e. The zero-order valence-electron chi connectivity index (χ0n) is 8.20. The lowest BCUT2D eigenvalue weighted by Gasteiger charge is -2.07. The normalized spacial score (nSPS) is 10.4. The Balaban J connectivity index is 2.64. The molecule has 0 amide bonds. The molecule has 0 bridgehead atoms. The fourth-order valence-electron chi connectivity index (χ4n) is 1.47. The third-order valence-corrected chi connectivity index (χ3v) is 2.26. The van der Waals surface area contributed by atoms with Gasteiger partial charge < -0.3 is 5.73 Å². The molecule has 0 saturated carbocycles. The number of aryl methyl sites for hydroxylation is 1. The molecule has 4 heteroatoms. The third kappa shape index (κ3) is 1.35. The number of aromatic amines is 1. The second-order valence-corrected chi connectivity index (χ2v) is 3.36. The van der Waals surface area contributed by atoms with Gasteiger partial charge in [-0.15, -0.1) is 0 Å². The predicted molar refractivity (Wildman–Crippen MR) is 55.7 cm³/mol. The minimum atomic E-state index is 0.762. The summed E-state index contributed by atoms with van der Waals surface area (Å²) in [5.41, 5.74) is 9.83. The highest BCUT2D eigenvalue weighted by atomic mass is 15.2. The van der Waals surface area contributed by atoms with E-state index >= 15 is 0 Å². The van der Waals surface area contributed by atoms with Crippen molar-refractivity contribution in [1.82, 2.24) is 15.2 Å². The van der Waals surface area contributed by atoms with E-state index in [0.29, 0.717) is 0 Å². The summed E-state index contributed by atoms with van der Waals surface area (Å²) in [5, 5.41) is 6.65. The third-order valence-electron chi connectivity index (χ3n) is 2.26. The number of anilines is 1. The molecule has 3 N–H and O–H groups in total. The Kier molecular flexibility index (Phi) is 1.96. The molecule has 72 valence electrons. The zero-order chi connectivity index (χ0) is 10.1. The minimum Gasteiger partial charge on any atom is -0.398 e. The van der Waals surface area contributed by atoms with E-state index in [4.69, 9.17) is 5.73 Å². The van der Waals surface area contributed by atoms with Crippen LogP contribution in [0, 0.1) is 13.8 Å². The lowest BCUT2D eigenvalue weighted by atomic mass is 10.0. The summed E-state index contributed by atoms with van der Waals surface area (Å²) < 4.78 is 0. The molecule has 14 heavy (non-hydrogen) atoms. The van der Waals surface area contributed by atoms with Gasteiger partial charge in [-0.25, -0.2) is 4.98 Å². The molecule has 0 fully saturated rings. The van der Waals surface area contributed by atoms with E-state index in [-0.39, 0.29) is 0 Å². The highest BCUT2D eigenvalue weighted by molar-refractivity contribution is 5.68. The zero-order valence-corrected chi connectivity index (χ0v) is 8.20. The first-order valence-corrected chi connectivity index (χ1v) is 4.41. The van der Waals surface area contributed by atoms with Crippen molar-refractivity contribution in [1.29, 1.82) is 0 Å². The molecule has 0 atom stereocenters. The molecule has 0 aliphatic rings. The van der Waals surface area contributed by atoms with Gasteiger partial charge in [0.2, 0.25) is 0 Å². The van der Waals surface area contributed by atoms with E-state index < -0.39 is 0 Å². The van der Waals surface area contributed by atoms with Crippen LogP contribution in [0.3, 0.4) is 0 Å². The minimum absolute atomic E-state index is 0.762. The number of nitrogens with two attached hydrogens (primary N) is 1. The quantitative estimate of drug-likeness (QED) is 0.669. The monoisotopic (exact) mass is 188 g/mol. The number of nitrogens with one attached hydrogen (secondary N) is 1. The topological polar surface area (TPSA) is 67.6 Å². The van der Waals surface area contributed by atoms with Gasteiger partial charge in [-0.1, -0.05) is 0 Å². The van der Waals surface area contributed by atoms with Crippen LogP contribution in [0.1, 0.15) is 11.1 Å². The number of hydrogen-bond acceptors (Lipinski definition) is 3. The van der Waals surface area contributed by atoms with E-state index in [0.717, 1.165) is 28.2 Å². The Morgan fingerprint density at radius 1 is 1.29 bits per heavy atom. The second-order valence-electron chi connectivity index (χ2n) is 3.36. The van der Waals surface area contributed by atoms with Gasteiger partial charge in [0.05, 0.1) is 0 Å². The Morgan fingerprint density at radius 2 is 2.07 bits per heavy atom. The van der Waals surface area contributed by atoms with E-state index in [1.807, 2.05) is 26.0 Å². The van der Waals surface area contributed by atoms with Crippen LogP contribution in [0.25, 0.3) is 11.4 Å². The number of hydrogen-bond donors (Lipinski definition) is 2. The maximum absolute atomic E-state index is 5.87. The molecule has 1 heterocycles. The summed E-state index contributed by atoms with van der Waals surface area (Å²) in [6.45, 7) is 3.99. The molecule has 2 aromatic rings. The van der Waals surface area contributed by atoms with Gasteiger partial charge in [0.25, 0.3) is 0 Å². The van der Waals surface area contributed by atoms with Crippen LogP contribution in [0.4, 0.5) is 5.69 Å². The highest BCUT2D eigenvalue weighted by Gasteiger charge is 2.07. The molecule has 0 saturated heterocycles. The number of aromatic nitrogens is 3. The summed E-state index contributed by atoms with van der Waals surface area (Å²) in [6.07, 6.45) is 1.49. The first kappa shape index (κ1) is 8.74. The molecule has 0 unspecified atom stereocenters. The van der Waals surface area contributed by atoms with E-state index in [1.54, 1.807) is 0 Å². The number of H-pyrrole nitrogens is 1. The number of nitrogen functional groups attached to an aromatic ring is 1. The van der Waals surface area contributed by atoms with Crippen LogP contribution in [-0.2, 0) is 0 Å². The van der Waals surface area contributed by atoms with E-state index in [9.17, 15) is 0 Å². The SMILES string of the molecule is Cc1cc(N)c(C)c(-c2ncn[nH]2)c1. The van der Waals surface area contributed by atoms with Crippen molar-refractivity contribution in [3.8, 4) is 11.4 Å². The molecule has 0 aliphatic heterocycles. The summed E-state index contributed by atoms with van der Waals surface area (Å²) in [5.74, 6) is 0.762. The van der Waals surface area contributed by atoms with Crippen molar-refractivity contribution in [2.75, 3.05) is 5.73 Å². The Morgan fingerprint density at radius 3 is 2.71 bits per heavy atom. The second kappa shape index (κ2) is 3.14. The Bertz CT molecular complexity index is 445. The van der Waals surface area contributed by atoms with E-state index in [1.165, 1.54) is 6.33 Å². The molecular weight excluding hydrogens is 176 g/mol. The molecule has 1 aromatic heterocycles. The van der Waals surface area contributed by atoms with Gasteiger partial charge in [0.15, 0.2) is 5.82 Å². The molecule has 0 radical (unpaired) electrons. The predicted octanol–water partition coefficient (Wildman–Crippen LogP) is 1.67. The lowest BCUT2D eigenvalue weighted by Crippen LogP contribution is -1.95. The van der Waals surface area contributed by atoms with Gasteiger partial charge in [-0.2, -0.15) is 5.10 Å². The highest BCUT2D eigenvalue weighted by Crippen LogP contribution is 2.25. The van der Waals surface area contributed by atoms with Crippen molar-refractivity contribution in [2.45, 2.75) is 13.8 Å². The first-order chi connectivity index (χ1) is 6.68. The van der Waals surface area contributed by atoms with Gasteiger partial charge in [0, 0.05) is 11.3 Å². The van der Waals surface area contributed by atoms with E-state index in [2.05, 4.69) is 15.2 Å². The summed E-state index contributed by atoms with van der Waals surface area (Å²) in [4.78, 5) is 4.11. The summed E-state index contributed by atoms with van der Waals surface area (Å²) >= 11 is 0. The van der Waals surface area contributed by atoms with Gasteiger partial charge >= 0.3 is 0 Å². The van der Waals surface area contributed by atoms with Crippen molar-refractivity contribution in [3.63, 3.8) is 0 Å². The van der Waals surface area contributed by atoms with Crippen molar-refractivity contribution >= 4 is 5.69 Å². The van der Waals surface area contributed by atoms with Crippen LogP contribution < -0.4 is 5.73 Å². The summed E-state index contributed by atoms with van der Waals surface area (Å²) in [6, 6.07) is 4.00. The number of nitrogens with zero attached hydrogens (tertiary/aromatic N) is 2. The fourth-order valence-corrected chi connectivity index (χ4v) is 1.47. The largest absolute Gasteiger partial charge is 0.398 e. The van der Waals surface area contributed by atoms with Crippen molar-refractivity contribution in [3.05, 3.63) is 29.6 Å². The van der Waals surface area contributed by atoms with Crippen molar-refractivity contribution in [2.24, 2.45) is 0 Å².